The number of rotatable bonds is 3. The van der Waals surface area contributed by atoms with Crippen molar-refractivity contribution in [2.75, 3.05) is 5.32 Å². The Morgan fingerprint density at radius 1 is 1.41 bits per heavy atom. The average Bonchev–Trinajstić information content (AvgIpc) is 2.72. The fourth-order valence-corrected chi connectivity index (χ4v) is 1.87. The molecule has 4 nitrogen and oxygen atoms in total. The van der Waals surface area contributed by atoms with Gasteiger partial charge in [-0.3, -0.25) is 9.59 Å². The molecule has 17 heavy (non-hydrogen) atoms. The van der Waals surface area contributed by atoms with Crippen molar-refractivity contribution in [3.8, 4) is 0 Å². The van der Waals surface area contributed by atoms with E-state index in [0.717, 1.165) is 6.42 Å². The van der Waals surface area contributed by atoms with E-state index in [4.69, 9.17) is 4.74 Å². The molecule has 1 N–H and O–H groups in total. The number of benzene rings is 1. The summed E-state index contributed by atoms with van der Waals surface area (Å²) in [5.74, 6) is -1.36. The van der Waals surface area contributed by atoms with Gasteiger partial charge in [-0.05, 0) is 18.6 Å². The van der Waals surface area contributed by atoms with Crippen molar-refractivity contribution in [2.45, 2.75) is 25.9 Å². The number of ether oxygens (including phenoxy) is 1. The molecular weight excluding hydrogens is 218 g/mol. The van der Waals surface area contributed by atoms with Crippen molar-refractivity contribution in [1.29, 1.82) is 0 Å². The summed E-state index contributed by atoms with van der Waals surface area (Å²) < 4.78 is 5.08. The summed E-state index contributed by atoms with van der Waals surface area (Å²) in [6.45, 7) is 1.94. The van der Waals surface area contributed by atoms with E-state index in [2.05, 4.69) is 5.32 Å². The van der Waals surface area contributed by atoms with Gasteiger partial charge in [-0.2, -0.15) is 0 Å². The third-order valence-corrected chi connectivity index (χ3v) is 2.88. The Kier molecular flexibility index (Phi) is 3.42. The Hall–Kier alpha value is -1.84. The maximum atomic E-state index is 11.9. The van der Waals surface area contributed by atoms with Crippen LogP contribution in [-0.4, -0.2) is 18.0 Å². The van der Waals surface area contributed by atoms with Crippen LogP contribution < -0.4 is 5.32 Å². The second kappa shape index (κ2) is 4.99. The third-order valence-electron chi connectivity index (χ3n) is 2.88. The fourth-order valence-electron chi connectivity index (χ4n) is 1.87. The summed E-state index contributed by atoms with van der Waals surface area (Å²) in [7, 11) is 0. The molecule has 1 saturated heterocycles. The average molecular weight is 233 g/mol. The monoisotopic (exact) mass is 233 g/mol. The topological polar surface area (TPSA) is 55.4 Å². The van der Waals surface area contributed by atoms with Crippen LogP contribution in [0.15, 0.2) is 30.3 Å². The summed E-state index contributed by atoms with van der Waals surface area (Å²) in [5, 5.41) is 2.72. The molecule has 1 aliphatic heterocycles. The first-order valence-corrected chi connectivity index (χ1v) is 5.77. The molecule has 0 saturated carbocycles. The quantitative estimate of drug-likeness (QED) is 0.641. The van der Waals surface area contributed by atoms with E-state index >= 15 is 0 Å². The normalized spacial score (nSPS) is 23.2. The van der Waals surface area contributed by atoms with Gasteiger partial charge in [0.2, 0.25) is 5.91 Å². The largest absolute Gasteiger partial charge is 0.462 e. The molecule has 1 aromatic rings. The molecule has 1 heterocycles. The molecule has 4 heteroatoms. The first kappa shape index (κ1) is 11.6. The van der Waals surface area contributed by atoms with Gasteiger partial charge in [0, 0.05) is 12.1 Å². The molecular formula is C13H15NO3. The Labute approximate surface area is 100.0 Å². The second-order valence-electron chi connectivity index (χ2n) is 4.11. The lowest BCUT2D eigenvalue weighted by molar-refractivity contribution is -0.146. The molecule has 1 fully saturated rings. The number of anilines is 1. The summed E-state index contributed by atoms with van der Waals surface area (Å²) in [6, 6.07) is 9.10. The summed E-state index contributed by atoms with van der Waals surface area (Å²) in [5.41, 5.74) is 0.699. The van der Waals surface area contributed by atoms with Crippen molar-refractivity contribution in [1.82, 2.24) is 0 Å². The Balaban J connectivity index is 1.99. The van der Waals surface area contributed by atoms with Crippen molar-refractivity contribution >= 4 is 17.6 Å². The lowest BCUT2D eigenvalue weighted by atomic mass is 10.0. The highest BCUT2D eigenvalue weighted by Crippen LogP contribution is 2.24. The predicted molar refractivity (Wildman–Crippen MR) is 63.3 cm³/mol. The number of carbonyl (C=O) groups is 2. The maximum Gasteiger partial charge on any atom is 0.318 e. The van der Waals surface area contributed by atoms with E-state index in [-0.39, 0.29) is 12.0 Å². The number of amides is 1. The molecule has 1 aliphatic rings. The first-order chi connectivity index (χ1) is 8.20. The maximum absolute atomic E-state index is 11.9. The van der Waals surface area contributed by atoms with Crippen LogP contribution in [0, 0.1) is 5.92 Å². The van der Waals surface area contributed by atoms with Crippen molar-refractivity contribution in [2.24, 2.45) is 5.92 Å². The van der Waals surface area contributed by atoms with Gasteiger partial charge < -0.3 is 10.1 Å². The van der Waals surface area contributed by atoms with Gasteiger partial charge in [0.15, 0.2) is 0 Å². The zero-order chi connectivity index (χ0) is 12.3. The van der Waals surface area contributed by atoms with Gasteiger partial charge >= 0.3 is 5.97 Å². The molecule has 0 spiro atoms. The van der Waals surface area contributed by atoms with Gasteiger partial charge in [0.1, 0.15) is 12.0 Å². The van der Waals surface area contributed by atoms with Crippen LogP contribution >= 0.6 is 0 Å². The number of hydrogen-bond donors (Lipinski definition) is 1. The van der Waals surface area contributed by atoms with Crippen LogP contribution in [0.3, 0.4) is 0 Å². The van der Waals surface area contributed by atoms with Crippen molar-refractivity contribution in [3.05, 3.63) is 30.3 Å². The number of cyclic esters (lactones) is 1. The molecule has 2 atom stereocenters. The first-order valence-electron chi connectivity index (χ1n) is 5.77. The number of para-hydroxylation sites is 1. The van der Waals surface area contributed by atoms with E-state index in [1.165, 1.54) is 0 Å². The Bertz CT molecular complexity index is 416. The standard InChI is InChI=1S/C13H15NO3/c1-2-10-8-11(13(16)17-10)12(15)14-9-6-4-3-5-7-9/h3-7,10-11H,2,8H2,1H3,(H,14,15). The van der Waals surface area contributed by atoms with E-state index in [9.17, 15) is 9.59 Å². The van der Waals surface area contributed by atoms with Crippen LogP contribution in [-0.2, 0) is 14.3 Å². The van der Waals surface area contributed by atoms with Crippen LogP contribution in [0.1, 0.15) is 19.8 Å². The van der Waals surface area contributed by atoms with Crippen LogP contribution in [0.2, 0.25) is 0 Å². The van der Waals surface area contributed by atoms with E-state index in [1.807, 2.05) is 25.1 Å². The molecule has 1 aromatic carbocycles. The lowest BCUT2D eigenvalue weighted by Gasteiger charge is -2.07. The highest BCUT2D eigenvalue weighted by molar-refractivity contribution is 6.05. The van der Waals surface area contributed by atoms with Gasteiger partial charge in [0.05, 0.1) is 0 Å². The molecule has 0 bridgehead atoms. The second-order valence-corrected chi connectivity index (χ2v) is 4.11. The molecule has 2 unspecified atom stereocenters. The zero-order valence-electron chi connectivity index (χ0n) is 9.68. The van der Waals surface area contributed by atoms with Gasteiger partial charge in [-0.1, -0.05) is 25.1 Å². The summed E-state index contributed by atoms with van der Waals surface area (Å²) in [6.07, 6.45) is 1.11. The predicted octanol–water partition coefficient (Wildman–Crippen LogP) is 1.97. The number of carbonyl (C=O) groups excluding carboxylic acids is 2. The fraction of sp³-hybridized carbons (Fsp3) is 0.385. The highest BCUT2D eigenvalue weighted by atomic mass is 16.6. The van der Waals surface area contributed by atoms with Gasteiger partial charge in [-0.15, -0.1) is 0 Å². The summed E-state index contributed by atoms with van der Waals surface area (Å²) >= 11 is 0. The lowest BCUT2D eigenvalue weighted by Crippen LogP contribution is -2.26. The SMILES string of the molecule is CCC1CC(C(=O)Nc2ccccc2)C(=O)O1. The minimum Gasteiger partial charge on any atom is -0.462 e. The van der Waals surface area contributed by atoms with E-state index in [1.54, 1.807) is 12.1 Å². The van der Waals surface area contributed by atoms with Crippen LogP contribution in [0.5, 0.6) is 0 Å². The Morgan fingerprint density at radius 2 is 2.12 bits per heavy atom. The van der Waals surface area contributed by atoms with E-state index < -0.39 is 11.9 Å². The minimum atomic E-state index is -0.667. The number of esters is 1. The molecule has 1 amide bonds. The van der Waals surface area contributed by atoms with Crippen LogP contribution in [0.4, 0.5) is 5.69 Å². The summed E-state index contributed by atoms with van der Waals surface area (Å²) in [4.78, 5) is 23.4. The van der Waals surface area contributed by atoms with E-state index in [0.29, 0.717) is 12.1 Å². The van der Waals surface area contributed by atoms with Gasteiger partial charge in [-0.25, -0.2) is 0 Å². The molecule has 0 aromatic heterocycles. The Morgan fingerprint density at radius 3 is 2.71 bits per heavy atom. The molecule has 0 aliphatic carbocycles. The smallest absolute Gasteiger partial charge is 0.318 e. The van der Waals surface area contributed by atoms with Crippen LogP contribution in [0.25, 0.3) is 0 Å². The molecule has 0 radical (unpaired) electrons. The highest BCUT2D eigenvalue weighted by Gasteiger charge is 2.38. The minimum absolute atomic E-state index is 0.117. The molecule has 2 rings (SSSR count). The molecule has 90 valence electrons. The number of hydrogen-bond acceptors (Lipinski definition) is 3. The van der Waals surface area contributed by atoms with Crippen molar-refractivity contribution < 1.29 is 14.3 Å². The number of nitrogens with one attached hydrogen (secondary N) is 1. The third kappa shape index (κ3) is 2.64. The zero-order valence-corrected chi connectivity index (χ0v) is 9.68. The van der Waals surface area contributed by atoms with Gasteiger partial charge in [0.25, 0.3) is 0 Å². The van der Waals surface area contributed by atoms with Crippen molar-refractivity contribution in [3.63, 3.8) is 0 Å².